The zero-order chi connectivity index (χ0) is 10.2. The second kappa shape index (κ2) is 3.82. The van der Waals surface area contributed by atoms with E-state index in [2.05, 4.69) is 0 Å². The molecule has 2 saturated carbocycles. The highest BCUT2D eigenvalue weighted by Gasteiger charge is 2.39. The van der Waals surface area contributed by atoms with Crippen LogP contribution in [0.15, 0.2) is 0 Å². The fourth-order valence-electron chi connectivity index (χ4n) is 3.05. The number of methoxy groups -OCH3 is 1. The van der Waals surface area contributed by atoms with Gasteiger partial charge in [0, 0.05) is 7.11 Å². The normalized spacial score (nSPS) is 37.5. The third kappa shape index (κ3) is 2.12. The SMILES string of the molecule is COC(C)(C)OC1CC2CCCC2C1. The summed E-state index contributed by atoms with van der Waals surface area (Å²) in [5, 5.41) is 0. The Hall–Kier alpha value is -0.0800. The van der Waals surface area contributed by atoms with Crippen LogP contribution < -0.4 is 0 Å². The zero-order valence-corrected chi connectivity index (χ0v) is 9.58. The smallest absolute Gasteiger partial charge is 0.162 e. The lowest BCUT2D eigenvalue weighted by atomic mass is 10.0. The minimum absolute atomic E-state index is 0.400. The van der Waals surface area contributed by atoms with Gasteiger partial charge in [0.05, 0.1) is 6.10 Å². The first-order chi connectivity index (χ1) is 6.61. The van der Waals surface area contributed by atoms with Gasteiger partial charge in [0.15, 0.2) is 5.79 Å². The minimum Gasteiger partial charge on any atom is -0.354 e. The summed E-state index contributed by atoms with van der Waals surface area (Å²) in [6, 6.07) is 0. The Morgan fingerprint density at radius 2 is 1.64 bits per heavy atom. The van der Waals surface area contributed by atoms with Crippen LogP contribution >= 0.6 is 0 Å². The maximum absolute atomic E-state index is 5.96. The van der Waals surface area contributed by atoms with Gasteiger partial charge >= 0.3 is 0 Å². The van der Waals surface area contributed by atoms with Crippen LogP contribution in [0, 0.1) is 11.8 Å². The summed E-state index contributed by atoms with van der Waals surface area (Å²) in [4.78, 5) is 0. The van der Waals surface area contributed by atoms with Gasteiger partial charge in [-0.1, -0.05) is 19.3 Å². The summed E-state index contributed by atoms with van der Waals surface area (Å²) in [7, 11) is 1.72. The molecule has 2 rings (SSSR count). The second-order valence-electron chi connectivity index (χ2n) is 5.27. The van der Waals surface area contributed by atoms with E-state index in [0.717, 1.165) is 11.8 Å². The fourth-order valence-corrected chi connectivity index (χ4v) is 3.05. The van der Waals surface area contributed by atoms with Gasteiger partial charge < -0.3 is 9.47 Å². The molecule has 2 fully saturated rings. The fraction of sp³-hybridized carbons (Fsp3) is 1.00. The van der Waals surface area contributed by atoms with Crippen molar-refractivity contribution in [2.75, 3.05) is 7.11 Å². The van der Waals surface area contributed by atoms with Crippen LogP contribution in [0.2, 0.25) is 0 Å². The molecule has 0 aromatic heterocycles. The zero-order valence-electron chi connectivity index (χ0n) is 9.58. The standard InChI is InChI=1S/C12H22O2/c1-12(2,13-3)14-11-7-9-5-4-6-10(9)8-11/h9-11H,4-8H2,1-3H3. The highest BCUT2D eigenvalue weighted by Crippen LogP contribution is 2.45. The average molecular weight is 198 g/mol. The molecule has 2 heteroatoms. The summed E-state index contributed by atoms with van der Waals surface area (Å²) in [6.07, 6.45) is 7.26. The Morgan fingerprint density at radius 1 is 1.07 bits per heavy atom. The molecule has 0 N–H and O–H groups in total. The number of hydrogen-bond donors (Lipinski definition) is 0. The molecule has 2 aliphatic rings. The van der Waals surface area contributed by atoms with Crippen LogP contribution in [0.3, 0.4) is 0 Å². The van der Waals surface area contributed by atoms with Crippen LogP contribution in [0.4, 0.5) is 0 Å². The summed E-state index contributed by atoms with van der Waals surface area (Å²) in [5.41, 5.74) is 0. The van der Waals surface area contributed by atoms with E-state index in [1.165, 1.54) is 32.1 Å². The van der Waals surface area contributed by atoms with E-state index in [1.54, 1.807) is 7.11 Å². The van der Waals surface area contributed by atoms with Crippen LogP contribution in [-0.2, 0) is 9.47 Å². The molecule has 0 aliphatic heterocycles. The van der Waals surface area contributed by atoms with Crippen molar-refractivity contribution in [2.24, 2.45) is 11.8 Å². The lowest BCUT2D eigenvalue weighted by molar-refractivity contribution is -0.222. The van der Waals surface area contributed by atoms with Gasteiger partial charge in [-0.15, -0.1) is 0 Å². The average Bonchev–Trinajstić information content (AvgIpc) is 2.63. The van der Waals surface area contributed by atoms with Crippen LogP contribution in [0.25, 0.3) is 0 Å². The minimum atomic E-state index is -0.400. The molecule has 2 atom stereocenters. The second-order valence-corrected chi connectivity index (χ2v) is 5.27. The van der Waals surface area contributed by atoms with Crippen molar-refractivity contribution in [1.29, 1.82) is 0 Å². The number of hydrogen-bond acceptors (Lipinski definition) is 2. The van der Waals surface area contributed by atoms with Crippen LogP contribution in [0.1, 0.15) is 46.0 Å². The molecule has 14 heavy (non-hydrogen) atoms. The molecule has 0 heterocycles. The van der Waals surface area contributed by atoms with E-state index in [4.69, 9.17) is 9.47 Å². The van der Waals surface area contributed by atoms with E-state index in [1.807, 2.05) is 13.8 Å². The summed E-state index contributed by atoms with van der Waals surface area (Å²) in [5.74, 6) is 1.50. The predicted molar refractivity (Wildman–Crippen MR) is 56.0 cm³/mol. The first kappa shape index (κ1) is 10.4. The monoisotopic (exact) mass is 198 g/mol. The molecule has 0 saturated heterocycles. The molecule has 0 aromatic carbocycles. The Kier molecular flexibility index (Phi) is 2.85. The van der Waals surface area contributed by atoms with Crippen molar-refractivity contribution in [2.45, 2.75) is 57.8 Å². The molecule has 0 aromatic rings. The third-order valence-electron chi connectivity index (χ3n) is 3.89. The van der Waals surface area contributed by atoms with Gasteiger partial charge in [-0.3, -0.25) is 0 Å². The molecule has 0 spiro atoms. The third-order valence-corrected chi connectivity index (χ3v) is 3.89. The van der Waals surface area contributed by atoms with Crippen molar-refractivity contribution in [1.82, 2.24) is 0 Å². The van der Waals surface area contributed by atoms with E-state index in [9.17, 15) is 0 Å². The van der Waals surface area contributed by atoms with Crippen molar-refractivity contribution in [3.05, 3.63) is 0 Å². The Balaban J connectivity index is 1.84. The van der Waals surface area contributed by atoms with Gasteiger partial charge in [-0.25, -0.2) is 0 Å². The van der Waals surface area contributed by atoms with Crippen LogP contribution in [-0.4, -0.2) is 19.0 Å². The van der Waals surface area contributed by atoms with E-state index in [-0.39, 0.29) is 0 Å². The molecule has 82 valence electrons. The molecule has 0 bridgehead atoms. The summed E-state index contributed by atoms with van der Waals surface area (Å²) >= 11 is 0. The highest BCUT2D eigenvalue weighted by molar-refractivity contribution is 4.89. The first-order valence-electron chi connectivity index (χ1n) is 5.84. The largest absolute Gasteiger partial charge is 0.354 e. The van der Waals surface area contributed by atoms with Crippen molar-refractivity contribution >= 4 is 0 Å². The maximum atomic E-state index is 5.96. The molecule has 0 amide bonds. The van der Waals surface area contributed by atoms with Crippen molar-refractivity contribution in [3.8, 4) is 0 Å². The number of rotatable bonds is 3. The Labute approximate surface area is 87.0 Å². The van der Waals surface area contributed by atoms with Gasteiger partial charge in [-0.05, 0) is 38.5 Å². The topological polar surface area (TPSA) is 18.5 Å². The summed E-state index contributed by atoms with van der Waals surface area (Å²) in [6.45, 7) is 4.00. The van der Waals surface area contributed by atoms with Gasteiger partial charge in [0.25, 0.3) is 0 Å². The Bertz CT molecular complexity index is 188. The highest BCUT2D eigenvalue weighted by atomic mass is 16.7. The maximum Gasteiger partial charge on any atom is 0.162 e. The molecule has 2 unspecified atom stereocenters. The molecular weight excluding hydrogens is 176 g/mol. The number of ether oxygens (including phenoxy) is 2. The lowest BCUT2D eigenvalue weighted by Crippen LogP contribution is -2.31. The van der Waals surface area contributed by atoms with Crippen molar-refractivity contribution in [3.63, 3.8) is 0 Å². The quantitative estimate of drug-likeness (QED) is 0.649. The Morgan fingerprint density at radius 3 is 2.14 bits per heavy atom. The molecule has 2 nitrogen and oxygen atoms in total. The molecule has 0 radical (unpaired) electrons. The lowest BCUT2D eigenvalue weighted by Gasteiger charge is -2.27. The van der Waals surface area contributed by atoms with E-state index in [0.29, 0.717) is 6.10 Å². The van der Waals surface area contributed by atoms with Gasteiger partial charge in [0.2, 0.25) is 0 Å². The predicted octanol–water partition coefficient (Wildman–Crippen LogP) is 2.96. The van der Waals surface area contributed by atoms with E-state index >= 15 is 0 Å². The number of fused-ring (bicyclic) bond motifs is 1. The first-order valence-corrected chi connectivity index (χ1v) is 5.84. The summed E-state index contributed by atoms with van der Waals surface area (Å²) < 4.78 is 11.3. The van der Waals surface area contributed by atoms with Crippen LogP contribution in [0.5, 0.6) is 0 Å². The van der Waals surface area contributed by atoms with E-state index < -0.39 is 5.79 Å². The molecule has 2 aliphatic carbocycles. The van der Waals surface area contributed by atoms with Crippen molar-refractivity contribution < 1.29 is 9.47 Å². The van der Waals surface area contributed by atoms with Gasteiger partial charge in [-0.2, -0.15) is 0 Å². The van der Waals surface area contributed by atoms with Gasteiger partial charge in [0.1, 0.15) is 0 Å². The molecular formula is C12H22O2.